The monoisotopic (exact) mass is 303 g/mol. The number of hydrogen-bond donors (Lipinski definition) is 1. The zero-order valence-electron chi connectivity index (χ0n) is 9.64. The zero-order valence-corrected chi connectivity index (χ0v) is 12.0. The molecule has 0 aromatic carbocycles. The van der Waals surface area contributed by atoms with Crippen LogP contribution >= 0.6 is 27.5 Å². The summed E-state index contributed by atoms with van der Waals surface area (Å²) in [5.74, 6) is 1.44. The number of rotatable bonds is 3. The Hall–Kier alpha value is -0.610. The fourth-order valence-corrected chi connectivity index (χ4v) is 1.35. The van der Waals surface area contributed by atoms with Gasteiger partial charge < -0.3 is 5.32 Å². The smallest absolute Gasteiger partial charge is 0.137 e. The summed E-state index contributed by atoms with van der Waals surface area (Å²) in [5.41, 5.74) is -0.118. The summed E-state index contributed by atoms with van der Waals surface area (Å²) >= 11 is 9.22. The third-order valence-electron chi connectivity index (χ3n) is 1.83. The fourth-order valence-electron chi connectivity index (χ4n) is 1.03. The van der Waals surface area contributed by atoms with Crippen LogP contribution in [0.5, 0.6) is 0 Å². The van der Waals surface area contributed by atoms with Crippen molar-refractivity contribution in [2.24, 2.45) is 0 Å². The van der Waals surface area contributed by atoms with E-state index in [2.05, 4.69) is 37.8 Å². The highest BCUT2D eigenvalue weighted by molar-refractivity contribution is 9.11. The van der Waals surface area contributed by atoms with Gasteiger partial charge in [-0.25, -0.2) is 9.97 Å². The lowest BCUT2D eigenvalue weighted by Gasteiger charge is -2.17. The molecule has 0 aliphatic rings. The Morgan fingerprint density at radius 2 is 2.12 bits per heavy atom. The lowest BCUT2D eigenvalue weighted by molar-refractivity contribution is 0.546. The molecule has 0 spiro atoms. The molecule has 1 rings (SSSR count). The second-order valence-electron chi connectivity index (χ2n) is 4.52. The molecule has 1 heterocycles. The molecule has 0 radical (unpaired) electrons. The summed E-state index contributed by atoms with van der Waals surface area (Å²) in [6, 6.07) is 1.70. The van der Waals surface area contributed by atoms with E-state index in [-0.39, 0.29) is 5.41 Å². The van der Waals surface area contributed by atoms with Crippen molar-refractivity contribution in [2.75, 3.05) is 11.9 Å². The van der Waals surface area contributed by atoms with Gasteiger partial charge in [-0.15, -0.1) is 0 Å². The lowest BCUT2D eigenvalue weighted by Crippen LogP contribution is -2.17. The lowest BCUT2D eigenvalue weighted by atomic mass is 9.96. The van der Waals surface area contributed by atoms with Crippen molar-refractivity contribution >= 4 is 33.3 Å². The Balaban J connectivity index is 2.94. The van der Waals surface area contributed by atoms with Crippen LogP contribution in [0.3, 0.4) is 0 Å². The predicted octanol–water partition coefficient (Wildman–Crippen LogP) is 3.75. The maximum absolute atomic E-state index is 5.95. The number of halogens is 2. The molecule has 0 amide bonds. The van der Waals surface area contributed by atoms with Gasteiger partial charge in [-0.2, -0.15) is 0 Å². The minimum Gasteiger partial charge on any atom is -0.365 e. The first kappa shape index (κ1) is 13.5. The van der Waals surface area contributed by atoms with Crippen LogP contribution in [0.15, 0.2) is 17.1 Å². The van der Waals surface area contributed by atoms with Crippen molar-refractivity contribution < 1.29 is 0 Å². The van der Waals surface area contributed by atoms with Gasteiger partial charge in [-0.3, -0.25) is 0 Å². The van der Waals surface area contributed by atoms with Gasteiger partial charge in [0.1, 0.15) is 16.8 Å². The number of anilines is 1. The van der Waals surface area contributed by atoms with Gasteiger partial charge in [0.05, 0.1) is 0 Å². The molecule has 0 atom stereocenters. The normalized spacial score (nSPS) is 11.3. The highest BCUT2D eigenvalue weighted by Gasteiger charge is 2.18. The SMILES string of the molecule is C=C(Br)CNc1cc(Cl)nc(C(C)(C)C)n1. The number of aromatic nitrogens is 2. The van der Waals surface area contributed by atoms with E-state index >= 15 is 0 Å². The Labute approximate surface area is 109 Å². The van der Waals surface area contributed by atoms with E-state index in [9.17, 15) is 0 Å². The minimum atomic E-state index is -0.118. The van der Waals surface area contributed by atoms with Crippen LogP contribution in [0, 0.1) is 0 Å². The van der Waals surface area contributed by atoms with Gasteiger partial charge in [0.15, 0.2) is 0 Å². The van der Waals surface area contributed by atoms with Crippen molar-refractivity contribution in [1.82, 2.24) is 9.97 Å². The van der Waals surface area contributed by atoms with Crippen molar-refractivity contribution in [3.8, 4) is 0 Å². The molecular formula is C11H15BrClN3. The van der Waals surface area contributed by atoms with Crippen molar-refractivity contribution in [3.05, 3.63) is 28.1 Å². The van der Waals surface area contributed by atoms with Crippen molar-refractivity contribution in [1.29, 1.82) is 0 Å². The van der Waals surface area contributed by atoms with Gasteiger partial charge in [-0.1, -0.05) is 54.9 Å². The molecule has 5 heteroatoms. The number of hydrogen-bond acceptors (Lipinski definition) is 3. The van der Waals surface area contributed by atoms with Crippen LogP contribution in [0.2, 0.25) is 5.15 Å². The summed E-state index contributed by atoms with van der Waals surface area (Å²) in [6.07, 6.45) is 0. The summed E-state index contributed by atoms with van der Waals surface area (Å²) in [7, 11) is 0. The van der Waals surface area contributed by atoms with E-state index in [4.69, 9.17) is 11.6 Å². The van der Waals surface area contributed by atoms with E-state index in [1.54, 1.807) is 6.07 Å². The minimum absolute atomic E-state index is 0.118. The topological polar surface area (TPSA) is 37.8 Å². The molecular weight excluding hydrogens is 289 g/mol. The molecule has 88 valence electrons. The van der Waals surface area contributed by atoms with Crippen LogP contribution in [-0.2, 0) is 5.41 Å². The van der Waals surface area contributed by atoms with Crippen LogP contribution in [0.25, 0.3) is 0 Å². The molecule has 1 aromatic heterocycles. The third kappa shape index (κ3) is 4.10. The maximum Gasteiger partial charge on any atom is 0.137 e. The van der Waals surface area contributed by atoms with Gasteiger partial charge in [0.25, 0.3) is 0 Å². The molecule has 0 bridgehead atoms. The average molecular weight is 305 g/mol. The standard InChI is InChI=1S/C11H15BrClN3/c1-7(12)6-14-9-5-8(13)15-10(16-9)11(2,3)4/h5H,1,6H2,2-4H3,(H,14,15,16). The number of nitrogens with zero attached hydrogens (tertiary/aromatic N) is 2. The van der Waals surface area contributed by atoms with E-state index in [1.807, 2.05) is 20.8 Å². The Kier molecular flexibility index (Phi) is 4.33. The van der Waals surface area contributed by atoms with E-state index < -0.39 is 0 Å². The molecule has 1 aromatic rings. The highest BCUT2D eigenvalue weighted by Crippen LogP contribution is 2.22. The quantitative estimate of drug-likeness (QED) is 0.864. The summed E-state index contributed by atoms with van der Waals surface area (Å²) in [4.78, 5) is 8.62. The summed E-state index contributed by atoms with van der Waals surface area (Å²) in [5, 5.41) is 3.56. The first-order valence-electron chi connectivity index (χ1n) is 4.91. The number of nitrogens with one attached hydrogen (secondary N) is 1. The molecule has 0 saturated carbocycles. The van der Waals surface area contributed by atoms with Crippen LogP contribution in [0.1, 0.15) is 26.6 Å². The van der Waals surface area contributed by atoms with Gasteiger partial charge >= 0.3 is 0 Å². The average Bonchev–Trinajstić information content (AvgIpc) is 2.12. The van der Waals surface area contributed by atoms with E-state index in [1.165, 1.54) is 0 Å². The molecule has 0 aliphatic heterocycles. The van der Waals surface area contributed by atoms with Crippen LogP contribution in [0.4, 0.5) is 5.82 Å². The summed E-state index contributed by atoms with van der Waals surface area (Å²) < 4.78 is 0.861. The molecule has 1 N–H and O–H groups in total. The molecule has 3 nitrogen and oxygen atoms in total. The van der Waals surface area contributed by atoms with Gasteiger partial charge in [0.2, 0.25) is 0 Å². The second kappa shape index (κ2) is 5.15. The fraction of sp³-hybridized carbons (Fsp3) is 0.455. The van der Waals surface area contributed by atoms with Crippen LogP contribution < -0.4 is 5.32 Å². The molecule has 0 unspecified atom stereocenters. The zero-order chi connectivity index (χ0) is 12.3. The largest absolute Gasteiger partial charge is 0.365 e. The first-order chi connectivity index (χ1) is 7.29. The van der Waals surface area contributed by atoms with E-state index in [0.29, 0.717) is 17.5 Å². The van der Waals surface area contributed by atoms with Crippen molar-refractivity contribution in [3.63, 3.8) is 0 Å². The van der Waals surface area contributed by atoms with E-state index in [0.717, 1.165) is 10.3 Å². The highest BCUT2D eigenvalue weighted by atomic mass is 79.9. The third-order valence-corrected chi connectivity index (χ3v) is 2.30. The van der Waals surface area contributed by atoms with Crippen molar-refractivity contribution in [2.45, 2.75) is 26.2 Å². The second-order valence-corrected chi connectivity index (χ2v) is 6.03. The van der Waals surface area contributed by atoms with Gasteiger partial charge in [0, 0.05) is 22.5 Å². The Morgan fingerprint density at radius 1 is 1.50 bits per heavy atom. The molecule has 0 fully saturated rings. The molecule has 0 saturated heterocycles. The Morgan fingerprint density at radius 3 is 2.62 bits per heavy atom. The van der Waals surface area contributed by atoms with Crippen LogP contribution in [-0.4, -0.2) is 16.5 Å². The molecule has 0 aliphatic carbocycles. The van der Waals surface area contributed by atoms with Gasteiger partial charge in [-0.05, 0) is 0 Å². The summed E-state index contributed by atoms with van der Waals surface area (Å²) in [6.45, 7) is 10.5. The first-order valence-corrected chi connectivity index (χ1v) is 6.08. The maximum atomic E-state index is 5.95. The molecule has 16 heavy (non-hydrogen) atoms. The Bertz CT molecular complexity index is 399. The predicted molar refractivity (Wildman–Crippen MR) is 72.3 cm³/mol.